The van der Waals surface area contributed by atoms with Crippen molar-refractivity contribution in [2.75, 3.05) is 27.2 Å². The Bertz CT molecular complexity index is 752. The van der Waals surface area contributed by atoms with E-state index in [9.17, 15) is 4.79 Å². The summed E-state index contributed by atoms with van der Waals surface area (Å²) in [5, 5.41) is 7.77. The number of rotatable bonds is 8. The van der Waals surface area contributed by atoms with Gasteiger partial charge in [-0.05, 0) is 31.0 Å². The van der Waals surface area contributed by atoms with E-state index in [1.165, 1.54) is 4.88 Å². The van der Waals surface area contributed by atoms with Gasteiger partial charge in [-0.15, -0.1) is 11.3 Å². The lowest BCUT2D eigenvalue weighted by Gasteiger charge is -2.11. The van der Waals surface area contributed by atoms with E-state index < -0.39 is 0 Å². The number of amides is 1. The molecule has 1 amide bonds. The second-order valence-electron chi connectivity index (χ2n) is 6.34. The Morgan fingerprint density at radius 2 is 1.93 bits per heavy atom. The van der Waals surface area contributed by atoms with Gasteiger partial charge in [0, 0.05) is 50.2 Å². The Morgan fingerprint density at radius 1 is 1.19 bits per heavy atom. The molecule has 6 nitrogen and oxygen atoms in total. The number of aliphatic imine (C=N–C) groups is 1. The Balaban J connectivity index is 1.89. The third-order valence-corrected chi connectivity index (χ3v) is 5.15. The van der Waals surface area contributed by atoms with Crippen molar-refractivity contribution in [2.24, 2.45) is 4.99 Å². The zero-order valence-corrected chi connectivity index (χ0v) is 17.4. The predicted molar refractivity (Wildman–Crippen MR) is 112 cm³/mol. The van der Waals surface area contributed by atoms with Crippen molar-refractivity contribution in [3.8, 4) is 0 Å². The highest BCUT2D eigenvalue weighted by Gasteiger charge is 2.07. The first-order valence-corrected chi connectivity index (χ1v) is 10.1. The fraction of sp³-hybridized carbons (Fsp3) is 0.450. The molecule has 7 heteroatoms. The van der Waals surface area contributed by atoms with Crippen molar-refractivity contribution in [1.82, 2.24) is 20.5 Å². The highest BCUT2D eigenvalue weighted by Crippen LogP contribution is 2.13. The first kappa shape index (κ1) is 20.9. The van der Waals surface area contributed by atoms with Gasteiger partial charge in [0.25, 0.3) is 5.91 Å². The van der Waals surface area contributed by atoms with E-state index in [4.69, 9.17) is 0 Å². The maximum atomic E-state index is 11.9. The molecule has 2 N–H and O–H groups in total. The highest BCUT2D eigenvalue weighted by atomic mass is 32.1. The SMILES string of the molecule is CCNC(=NCc1ccc(C(=O)N(C)C)cc1)NCCc1ncc(CC)s1. The molecule has 1 aromatic carbocycles. The smallest absolute Gasteiger partial charge is 0.253 e. The summed E-state index contributed by atoms with van der Waals surface area (Å²) in [6.07, 6.45) is 3.88. The van der Waals surface area contributed by atoms with Gasteiger partial charge in [0.05, 0.1) is 11.6 Å². The van der Waals surface area contributed by atoms with Gasteiger partial charge in [0.1, 0.15) is 0 Å². The van der Waals surface area contributed by atoms with Crippen LogP contribution in [0, 0.1) is 0 Å². The second kappa shape index (κ2) is 10.7. The van der Waals surface area contributed by atoms with Crippen LogP contribution in [0.2, 0.25) is 0 Å². The van der Waals surface area contributed by atoms with E-state index in [2.05, 4.69) is 27.5 Å². The van der Waals surface area contributed by atoms with Crippen LogP contribution >= 0.6 is 11.3 Å². The Labute approximate surface area is 165 Å². The van der Waals surface area contributed by atoms with Crippen LogP contribution in [-0.4, -0.2) is 48.9 Å². The van der Waals surface area contributed by atoms with E-state index in [-0.39, 0.29) is 5.91 Å². The zero-order chi connectivity index (χ0) is 19.6. The minimum absolute atomic E-state index is 0.00785. The zero-order valence-electron chi connectivity index (χ0n) is 16.6. The van der Waals surface area contributed by atoms with E-state index in [1.54, 1.807) is 30.3 Å². The highest BCUT2D eigenvalue weighted by molar-refractivity contribution is 7.11. The van der Waals surface area contributed by atoms with Crippen LogP contribution in [0.15, 0.2) is 35.5 Å². The average Bonchev–Trinajstić information content (AvgIpc) is 3.14. The van der Waals surface area contributed by atoms with Crippen LogP contribution in [0.4, 0.5) is 0 Å². The minimum atomic E-state index is 0.00785. The fourth-order valence-electron chi connectivity index (χ4n) is 2.44. The third-order valence-electron chi connectivity index (χ3n) is 3.95. The van der Waals surface area contributed by atoms with Gasteiger partial charge < -0.3 is 15.5 Å². The molecule has 0 fully saturated rings. The van der Waals surface area contributed by atoms with Gasteiger partial charge in [0.15, 0.2) is 5.96 Å². The van der Waals surface area contributed by atoms with Crippen LogP contribution < -0.4 is 10.6 Å². The number of thiazole rings is 1. The molecule has 27 heavy (non-hydrogen) atoms. The average molecular weight is 388 g/mol. The molecular weight excluding hydrogens is 358 g/mol. The molecule has 2 aromatic rings. The summed E-state index contributed by atoms with van der Waals surface area (Å²) in [7, 11) is 3.51. The second-order valence-corrected chi connectivity index (χ2v) is 7.54. The van der Waals surface area contributed by atoms with Crippen LogP contribution in [0.25, 0.3) is 0 Å². The molecule has 0 atom stereocenters. The molecule has 0 unspecified atom stereocenters. The van der Waals surface area contributed by atoms with Gasteiger partial charge >= 0.3 is 0 Å². The van der Waals surface area contributed by atoms with Crippen molar-refractivity contribution in [3.05, 3.63) is 51.5 Å². The van der Waals surface area contributed by atoms with E-state index >= 15 is 0 Å². The maximum Gasteiger partial charge on any atom is 0.253 e. The van der Waals surface area contributed by atoms with Crippen LogP contribution in [-0.2, 0) is 19.4 Å². The molecule has 0 spiro atoms. The number of hydrogen-bond donors (Lipinski definition) is 2. The molecule has 146 valence electrons. The summed E-state index contributed by atoms with van der Waals surface area (Å²) < 4.78 is 0. The van der Waals surface area contributed by atoms with Crippen LogP contribution in [0.5, 0.6) is 0 Å². The number of guanidine groups is 1. The molecule has 0 aliphatic carbocycles. The largest absolute Gasteiger partial charge is 0.357 e. The van der Waals surface area contributed by atoms with Gasteiger partial charge in [-0.2, -0.15) is 0 Å². The maximum absolute atomic E-state index is 11.9. The van der Waals surface area contributed by atoms with Crippen molar-refractivity contribution in [2.45, 2.75) is 33.2 Å². The van der Waals surface area contributed by atoms with Gasteiger partial charge in [0.2, 0.25) is 0 Å². The van der Waals surface area contributed by atoms with E-state index in [0.717, 1.165) is 42.5 Å². The summed E-state index contributed by atoms with van der Waals surface area (Å²) in [6, 6.07) is 7.60. The number of hydrogen-bond acceptors (Lipinski definition) is 4. The lowest BCUT2D eigenvalue weighted by Crippen LogP contribution is -2.38. The van der Waals surface area contributed by atoms with Crippen LogP contribution in [0.1, 0.15) is 39.7 Å². The molecule has 2 rings (SSSR count). The minimum Gasteiger partial charge on any atom is -0.357 e. The first-order chi connectivity index (χ1) is 13.0. The Hall–Kier alpha value is -2.41. The van der Waals surface area contributed by atoms with Crippen molar-refractivity contribution in [3.63, 3.8) is 0 Å². The van der Waals surface area contributed by atoms with Gasteiger partial charge in [-0.3, -0.25) is 4.79 Å². The molecule has 0 aliphatic heterocycles. The lowest BCUT2D eigenvalue weighted by atomic mass is 10.1. The molecule has 0 saturated carbocycles. The normalized spacial score (nSPS) is 11.3. The molecule has 0 saturated heterocycles. The molecule has 0 aliphatic rings. The number of aryl methyl sites for hydroxylation is 1. The predicted octanol–water partition coefficient (Wildman–Crippen LogP) is 2.71. The Morgan fingerprint density at radius 3 is 2.52 bits per heavy atom. The monoisotopic (exact) mass is 387 g/mol. The van der Waals surface area contributed by atoms with Gasteiger partial charge in [-0.25, -0.2) is 9.98 Å². The summed E-state index contributed by atoms with van der Waals surface area (Å²) in [6.45, 7) is 6.35. The lowest BCUT2D eigenvalue weighted by molar-refractivity contribution is 0.0827. The first-order valence-electron chi connectivity index (χ1n) is 9.29. The molecule has 1 heterocycles. The van der Waals surface area contributed by atoms with Crippen LogP contribution in [0.3, 0.4) is 0 Å². The van der Waals surface area contributed by atoms with Crippen molar-refractivity contribution < 1.29 is 4.79 Å². The van der Waals surface area contributed by atoms with Crippen molar-refractivity contribution >= 4 is 23.2 Å². The number of nitrogens with one attached hydrogen (secondary N) is 2. The standard InChI is InChI=1S/C20H29N5OS/c1-5-17-14-23-18(27-17)11-12-22-20(21-6-2)24-13-15-7-9-16(10-8-15)19(26)25(3)4/h7-10,14H,5-6,11-13H2,1-4H3,(H2,21,22,24). The van der Waals surface area contributed by atoms with Crippen molar-refractivity contribution in [1.29, 1.82) is 0 Å². The molecule has 0 radical (unpaired) electrons. The third kappa shape index (κ3) is 6.67. The number of carbonyl (C=O) groups excluding carboxylic acids is 1. The molecular formula is C20H29N5OS. The molecule has 0 bridgehead atoms. The summed E-state index contributed by atoms with van der Waals surface area (Å²) in [4.78, 5) is 23.9. The summed E-state index contributed by atoms with van der Waals surface area (Å²) in [5.74, 6) is 0.798. The number of nitrogens with zero attached hydrogens (tertiary/aromatic N) is 3. The van der Waals surface area contributed by atoms with E-state index in [0.29, 0.717) is 12.1 Å². The van der Waals surface area contributed by atoms with E-state index in [1.807, 2.05) is 37.4 Å². The Kier molecular flexibility index (Phi) is 8.26. The van der Waals surface area contributed by atoms with Gasteiger partial charge in [-0.1, -0.05) is 19.1 Å². The number of aromatic nitrogens is 1. The topological polar surface area (TPSA) is 69.6 Å². The fourth-order valence-corrected chi connectivity index (χ4v) is 3.30. The summed E-state index contributed by atoms with van der Waals surface area (Å²) in [5.41, 5.74) is 1.75. The quantitative estimate of drug-likeness (QED) is 0.540. The number of benzene rings is 1. The molecule has 1 aromatic heterocycles. The summed E-state index contributed by atoms with van der Waals surface area (Å²) >= 11 is 1.77. The number of carbonyl (C=O) groups is 1.